The van der Waals surface area contributed by atoms with E-state index in [4.69, 9.17) is 15.2 Å². The van der Waals surface area contributed by atoms with Crippen LogP contribution in [0.15, 0.2) is 18.2 Å². The smallest absolute Gasteiger partial charge is 0.182 e. The Morgan fingerprint density at radius 1 is 1.24 bits per heavy atom. The average molecular weight is 291 g/mol. The van der Waals surface area contributed by atoms with E-state index in [9.17, 15) is 0 Å². The maximum Gasteiger partial charge on any atom is 0.182 e. The van der Waals surface area contributed by atoms with Crippen LogP contribution in [0.25, 0.3) is 11.4 Å². The summed E-state index contributed by atoms with van der Waals surface area (Å²) in [5.74, 6) is 1.36. The number of nitrogens with zero attached hydrogens (tertiary/aromatic N) is 4. The average Bonchev–Trinajstić information content (AvgIpc) is 2.86. The number of hydrogen-bond donors (Lipinski definition) is 1. The highest BCUT2D eigenvalue weighted by Gasteiger charge is 2.13. The highest BCUT2D eigenvalue weighted by atomic mass is 16.5. The van der Waals surface area contributed by atoms with Crippen LogP contribution in [0.3, 0.4) is 0 Å². The van der Waals surface area contributed by atoms with Gasteiger partial charge in [0.15, 0.2) is 5.82 Å². The lowest BCUT2D eigenvalue weighted by Gasteiger charge is -2.13. The van der Waals surface area contributed by atoms with Crippen LogP contribution in [0.2, 0.25) is 0 Å². The molecule has 0 bridgehead atoms. The summed E-state index contributed by atoms with van der Waals surface area (Å²) in [4.78, 5) is 0. The van der Waals surface area contributed by atoms with Crippen LogP contribution in [0.1, 0.15) is 20.8 Å². The molecular formula is C14H21N5O2. The lowest BCUT2D eigenvalue weighted by atomic mass is 10.1. The summed E-state index contributed by atoms with van der Waals surface area (Å²) in [6.07, 6.45) is 0.0321. The van der Waals surface area contributed by atoms with Gasteiger partial charge >= 0.3 is 0 Å². The summed E-state index contributed by atoms with van der Waals surface area (Å²) in [6.45, 7) is 7.69. The molecule has 2 N–H and O–H groups in total. The van der Waals surface area contributed by atoms with Gasteiger partial charge in [-0.2, -0.15) is 0 Å². The monoisotopic (exact) mass is 291 g/mol. The molecule has 1 unspecified atom stereocenters. The van der Waals surface area contributed by atoms with Gasteiger partial charge < -0.3 is 15.2 Å². The molecule has 21 heavy (non-hydrogen) atoms. The fourth-order valence-corrected chi connectivity index (χ4v) is 2.12. The van der Waals surface area contributed by atoms with Gasteiger partial charge in [-0.3, -0.25) is 0 Å². The molecule has 1 heterocycles. The largest absolute Gasteiger partial charge is 0.494 e. The predicted octanol–water partition coefficient (Wildman–Crippen LogP) is 1.75. The lowest BCUT2D eigenvalue weighted by molar-refractivity contribution is 0.0614. The number of benzene rings is 1. The maximum absolute atomic E-state index is 5.91. The molecule has 0 aliphatic carbocycles. The molecule has 2 rings (SSSR count). The molecule has 0 radical (unpaired) electrons. The topological polar surface area (TPSA) is 88.1 Å². The summed E-state index contributed by atoms with van der Waals surface area (Å²) < 4.78 is 12.7. The summed E-state index contributed by atoms with van der Waals surface area (Å²) >= 11 is 0. The van der Waals surface area contributed by atoms with Gasteiger partial charge in [0.1, 0.15) is 5.75 Å². The number of nitrogens with two attached hydrogens (primary N) is 1. The first-order chi connectivity index (χ1) is 10.1. The zero-order valence-electron chi connectivity index (χ0n) is 12.6. The summed E-state index contributed by atoms with van der Waals surface area (Å²) in [7, 11) is 0. The van der Waals surface area contributed by atoms with Crippen LogP contribution in [0.4, 0.5) is 5.69 Å². The SMILES string of the molecule is CCOc1cc(N)cc(-c2nnnn2CC(C)OCC)c1. The van der Waals surface area contributed by atoms with Crippen molar-refractivity contribution in [2.75, 3.05) is 18.9 Å². The summed E-state index contributed by atoms with van der Waals surface area (Å²) in [5, 5.41) is 11.8. The standard InChI is InChI=1S/C14H21N5O2/c1-4-20-10(3)9-19-14(16-17-18-19)11-6-12(15)8-13(7-11)21-5-2/h6-8,10H,4-5,9,15H2,1-3H3. The number of anilines is 1. The molecule has 7 nitrogen and oxygen atoms in total. The van der Waals surface area contributed by atoms with Gasteiger partial charge in [0, 0.05) is 23.9 Å². The molecule has 0 spiro atoms. The molecule has 1 atom stereocenters. The van der Waals surface area contributed by atoms with Crippen LogP contribution in [-0.2, 0) is 11.3 Å². The van der Waals surface area contributed by atoms with E-state index in [1.807, 2.05) is 32.9 Å². The Labute approximate surface area is 124 Å². The van der Waals surface area contributed by atoms with Crippen molar-refractivity contribution in [1.29, 1.82) is 0 Å². The third-order valence-electron chi connectivity index (χ3n) is 2.91. The van der Waals surface area contributed by atoms with Crippen molar-refractivity contribution in [1.82, 2.24) is 20.2 Å². The van der Waals surface area contributed by atoms with E-state index in [-0.39, 0.29) is 6.10 Å². The van der Waals surface area contributed by atoms with Gasteiger partial charge in [0.05, 0.1) is 19.3 Å². The number of nitrogen functional groups attached to an aromatic ring is 1. The molecule has 1 aromatic heterocycles. The quantitative estimate of drug-likeness (QED) is 0.782. The predicted molar refractivity (Wildman–Crippen MR) is 79.9 cm³/mol. The van der Waals surface area contributed by atoms with Crippen molar-refractivity contribution in [2.24, 2.45) is 0 Å². The number of rotatable bonds is 7. The van der Waals surface area contributed by atoms with Gasteiger partial charge in [0.2, 0.25) is 0 Å². The maximum atomic E-state index is 5.91. The zero-order chi connectivity index (χ0) is 15.2. The fourth-order valence-electron chi connectivity index (χ4n) is 2.12. The Balaban J connectivity index is 2.28. The third-order valence-corrected chi connectivity index (χ3v) is 2.91. The van der Waals surface area contributed by atoms with E-state index in [0.29, 0.717) is 37.0 Å². The van der Waals surface area contributed by atoms with Crippen LogP contribution >= 0.6 is 0 Å². The molecule has 0 saturated carbocycles. The molecule has 114 valence electrons. The first-order valence-corrected chi connectivity index (χ1v) is 7.05. The number of aromatic nitrogens is 4. The van der Waals surface area contributed by atoms with Gasteiger partial charge in [-0.05, 0) is 43.3 Å². The van der Waals surface area contributed by atoms with E-state index in [1.165, 1.54) is 0 Å². The zero-order valence-corrected chi connectivity index (χ0v) is 12.6. The second kappa shape index (κ2) is 7.03. The summed E-state index contributed by atoms with van der Waals surface area (Å²) in [5.41, 5.74) is 7.35. The normalized spacial score (nSPS) is 12.3. The molecule has 7 heteroatoms. The van der Waals surface area contributed by atoms with E-state index in [0.717, 1.165) is 5.56 Å². The van der Waals surface area contributed by atoms with Crippen molar-refractivity contribution in [2.45, 2.75) is 33.4 Å². The number of tetrazole rings is 1. The molecule has 0 aliphatic heterocycles. The molecule has 0 fully saturated rings. The second-order valence-electron chi connectivity index (χ2n) is 4.67. The molecule has 0 aliphatic rings. The van der Waals surface area contributed by atoms with Gasteiger partial charge in [-0.25, -0.2) is 4.68 Å². The number of hydrogen-bond acceptors (Lipinski definition) is 6. The van der Waals surface area contributed by atoms with E-state index in [2.05, 4.69) is 15.5 Å². The van der Waals surface area contributed by atoms with Gasteiger partial charge in [-0.1, -0.05) is 0 Å². The van der Waals surface area contributed by atoms with Crippen molar-refractivity contribution >= 4 is 5.69 Å². The third kappa shape index (κ3) is 3.91. The van der Waals surface area contributed by atoms with Gasteiger partial charge in [-0.15, -0.1) is 5.10 Å². The van der Waals surface area contributed by atoms with Crippen molar-refractivity contribution in [3.63, 3.8) is 0 Å². The molecule has 0 saturated heterocycles. The van der Waals surface area contributed by atoms with Crippen molar-refractivity contribution < 1.29 is 9.47 Å². The van der Waals surface area contributed by atoms with E-state index < -0.39 is 0 Å². The van der Waals surface area contributed by atoms with Crippen LogP contribution in [0, 0.1) is 0 Å². The minimum atomic E-state index is 0.0321. The minimum absolute atomic E-state index is 0.0321. The van der Waals surface area contributed by atoms with Crippen LogP contribution < -0.4 is 10.5 Å². The Bertz CT molecular complexity index is 584. The molecular weight excluding hydrogens is 270 g/mol. The van der Waals surface area contributed by atoms with Gasteiger partial charge in [0.25, 0.3) is 0 Å². The Morgan fingerprint density at radius 2 is 2.05 bits per heavy atom. The minimum Gasteiger partial charge on any atom is -0.494 e. The Morgan fingerprint density at radius 3 is 2.76 bits per heavy atom. The van der Waals surface area contributed by atoms with Crippen molar-refractivity contribution in [3.05, 3.63) is 18.2 Å². The second-order valence-corrected chi connectivity index (χ2v) is 4.67. The Hall–Kier alpha value is -2.15. The highest BCUT2D eigenvalue weighted by molar-refractivity contribution is 5.64. The molecule has 1 aromatic carbocycles. The lowest BCUT2D eigenvalue weighted by Crippen LogP contribution is -2.18. The molecule has 0 amide bonds. The highest BCUT2D eigenvalue weighted by Crippen LogP contribution is 2.25. The van der Waals surface area contributed by atoms with Crippen LogP contribution in [-0.4, -0.2) is 39.5 Å². The van der Waals surface area contributed by atoms with Crippen molar-refractivity contribution in [3.8, 4) is 17.1 Å². The number of ether oxygens (including phenoxy) is 2. The first kappa shape index (κ1) is 15.2. The summed E-state index contributed by atoms with van der Waals surface area (Å²) in [6, 6.07) is 5.49. The first-order valence-electron chi connectivity index (χ1n) is 7.05. The Kier molecular flexibility index (Phi) is 5.10. The van der Waals surface area contributed by atoms with Crippen LogP contribution in [0.5, 0.6) is 5.75 Å². The van der Waals surface area contributed by atoms with E-state index in [1.54, 1.807) is 10.7 Å². The van der Waals surface area contributed by atoms with E-state index >= 15 is 0 Å². The fraction of sp³-hybridized carbons (Fsp3) is 0.500. The molecule has 2 aromatic rings.